The Morgan fingerprint density at radius 1 is 1.40 bits per heavy atom. The lowest BCUT2D eigenvalue weighted by atomic mass is 10.1. The highest BCUT2D eigenvalue weighted by Gasteiger charge is 2.42. The highest BCUT2D eigenvalue weighted by atomic mass is 32.1. The van der Waals surface area contributed by atoms with Crippen LogP contribution in [-0.4, -0.2) is 16.9 Å². The standard InChI is InChI=1S/C11H14N2OS/c14-11(9-5-15-6-12-9)13-10(7-1-2-7)8-3-4-8/h5-8,10H,1-4H2,(H,13,14). The van der Waals surface area contributed by atoms with Crippen LogP contribution in [-0.2, 0) is 0 Å². The summed E-state index contributed by atoms with van der Waals surface area (Å²) in [6, 6.07) is 0.430. The molecule has 4 heteroatoms. The number of amides is 1. The molecule has 0 bridgehead atoms. The summed E-state index contributed by atoms with van der Waals surface area (Å²) in [6.07, 6.45) is 5.16. The lowest BCUT2D eigenvalue weighted by Gasteiger charge is -2.16. The van der Waals surface area contributed by atoms with Gasteiger partial charge in [-0.2, -0.15) is 0 Å². The molecule has 0 unspecified atom stereocenters. The van der Waals surface area contributed by atoms with Gasteiger partial charge in [0.25, 0.3) is 5.91 Å². The Morgan fingerprint density at radius 2 is 2.07 bits per heavy atom. The number of thiazole rings is 1. The number of hydrogen-bond acceptors (Lipinski definition) is 3. The average molecular weight is 222 g/mol. The molecule has 2 aliphatic rings. The largest absolute Gasteiger partial charge is 0.347 e. The van der Waals surface area contributed by atoms with Crippen LogP contribution in [0.1, 0.15) is 36.2 Å². The van der Waals surface area contributed by atoms with Crippen molar-refractivity contribution in [1.82, 2.24) is 10.3 Å². The van der Waals surface area contributed by atoms with E-state index in [0.717, 1.165) is 11.8 Å². The first-order valence-corrected chi connectivity index (χ1v) is 6.48. The Bertz CT molecular complexity index is 343. The predicted molar refractivity (Wildman–Crippen MR) is 58.8 cm³/mol. The van der Waals surface area contributed by atoms with E-state index in [4.69, 9.17) is 0 Å². The minimum absolute atomic E-state index is 0.0139. The van der Waals surface area contributed by atoms with Gasteiger partial charge >= 0.3 is 0 Å². The first-order valence-electron chi connectivity index (χ1n) is 5.53. The van der Waals surface area contributed by atoms with Crippen LogP contribution in [0.4, 0.5) is 0 Å². The summed E-state index contributed by atoms with van der Waals surface area (Å²) in [5, 5.41) is 4.96. The maximum absolute atomic E-state index is 11.8. The number of carbonyl (C=O) groups excluding carboxylic acids is 1. The number of aromatic nitrogens is 1. The second-order valence-corrected chi connectivity index (χ2v) is 5.27. The van der Waals surface area contributed by atoms with Crippen molar-refractivity contribution in [1.29, 1.82) is 0 Å². The fraction of sp³-hybridized carbons (Fsp3) is 0.636. The smallest absolute Gasteiger partial charge is 0.270 e. The fourth-order valence-electron chi connectivity index (χ4n) is 2.08. The van der Waals surface area contributed by atoms with E-state index in [1.165, 1.54) is 37.0 Å². The molecule has 1 N–H and O–H groups in total. The zero-order chi connectivity index (χ0) is 10.3. The number of hydrogen-bond donors (Lipinski definition) is 1. The first-order chi connectivity index (χ1) is 7.34. The Hall–Kier alpha value is -0.900. The highest BCUT2D eigenvalue weighted by Crippen LogP contribution is 2.44. The maximum atomic E-state index is 11.8. The van der Waals surface area contributed by atoms with Crippen molar-refractivity contribution >= 4 is 17.2 Å². The van der Waals surface area contributed by atoms with Crippen molar-refractivity contribution in [2.45, 2.75) is 31.7 Å². The lowest BCUT2D eigenvalue weighted by molar-refractivity contribution is 0.0922. The lowest BCUT2D eigenvalue weighted by Crippen LogP contribution is -2.38. The van der Waals surface area contributed by atoms with Gasteiger partial charge in [-0.3, -0.25) is 4.79 Å². The van der Waals surface area contributed by atoms with Crippen molar-refractivity contribution in [3.05, 3.63) is 16.6 Å². The number of rotatable bonds is 4. The summed E-state index contributed by atoms with van der Waals surface area (Å²) in [4.78, 5) is 15.8. The molecule has 2 fully saturated rings. The van der Waals surface area contributed by atoms with Crippen molar-refractivity contribution in [3.8, 4) is 0 Å². The zero-order valence-electron chi connectivity index (χ0n) is 8.48. The van der Waals surface area contributed by atoms with Crippen molar-refractivity contribution in [2.24, 2.45) is 11.8 Å². The quantitative estimate of drug-likeness (QED) is 0.847. The van der Waals surface area contributed by atoms with Crippen LogP contribution in [0.5, 0.6) is 0 Å². The summed E-state index contributed by atoms with van der Waals surface area (Å²) < 4.78 is 0. The summed E-state index contributed by atoms with van der Waals surface area (Å²) in [7, 11) is 0. The van der Waals surface area contributed by atoms with E-state index < -0.39 is 0 Å². The summed E-state index contributed by atoms with van der Waals surface area (Å²) in [5.41, 5.74) is 2.28. The van der Waals surface area contributed by atoms with E-state index in [0.29, 0.717) is 11.7 Å². The third kappa shape index (κ3) is 2.04. The minimum atomic E-state index is 0.0139. The van der Waals surface area contributed by atoms with Crippen LogP contribution < -0.4 is 5.32 Å². The summed E-state index contributed by atoms with van der Waals surface area (Å²) in [5.74, 6) is 1.51. The van der Waals surface area contributed by atoms with E-state index in [-0.39, 0.29) is 5.91 Å². The number of nitrogens with one attached hydrogen (secondary N) is 1. The molecule has 0 aromatic carbocycles. The Balaban J connectivity index is 1.65. The molecule has 1 amide bonds. The van der Waals surface area contributed by atoms with Gasteiger partial charge < -0.3 is 5.32 Å². The van der Waals surface area contributed by atoms with E-state index in [9.17, 15) is 4.79 Å². The van der Waals surface area contributed by atoms with Gasteiger partial charge in [0.1, 0.15) is 5.69 Å². The number of nitrogens with zero attached hydrogens (tertiary/aromatic N) is 1. The number of carbonyl (C=O) groups is 1. The first kappa shape index (κ1) is 9.33. The third-order valence-corrected chi connectivity index (χ3v) is 3.81. The molecule has 0 atom stereocenters. The normalized spacial score (nSPS) is 20.6. The molecule has 1 aromatic rings. The zero-order valence-corrected chi connectivity index (χ0v) is 9.30. The van der Waals surface area contributed by atoms with E-state index in [1.807, 2.05) is 5.38 Å². The molecule has 2 aliphatic carbocycles. The van der Waals surface area contributed by atoms with E-state index >= 15 is 0 Å². The Labute approximate surface area is 92.9 Å². The summed E-state index contributed by atoms with van der Waals surface area (Å²) >= 11 is 1.47. The van der Waals surface area contributed by atoms with Gasteiger partial charge in [-0.1, -0.05) is 0 Å². The van der Waals surface area contributed by atoms with E-state index in [2.05, 4.69) is 10.3 Å². The maximum Gasteiger partial charge on any atom is 0.270 e. The second-order valence-electron chi connectivity index (χ2n) is 4.55. The third-order valence-electron chi connectivity index (χ3n) is 3.22. The Morgan fingerprint density at radius 3 is 2.53 bits per heavy atom. The van der Waals surface area contributed by atoms with Crippen LogP contribution >= 0.6 is 11.3 Å². The SMILES string of the molecule is O=C(NC(C1CC1)C1CC1)c1cscn1. The highest BCUT2D eigenvalue weighted by molar-refractivity contribution is 7.07. The molecule has 3 rings (SSSR count). The minimum Gasteiger partial charge on any atom is -0.347 e. The molecule has 1 heterocycles. The van der Waals surface area contributed by atoms with Gasteiger partial charge in [0.2, 0.25) is 0 Å². The average Bonchev–Trinajstić information content (AvgIpc) is 3.15. The molecule has 15 heavy (non-hydrogen) atoms. The van der Waals surface area contributed by atoms with Crippen LogP contribution in [0.15, 0.2) is 10.9 Å². The molecule has 2 saturated carbocycles. The van der Waals surface area contributed by atoms with Crippen LogP contribution in [0, 0.1) is 11.8 Å². The fourth-order valence-corrected chi connectivity index (χ4v) is 2.61. The van der Waals surface area contributed by atoms with E-state index in [1.54, 1.807) is 5.51 Å². The molecule has 0 saturated heterocycles. The molecular weight excluding hydrogens is 208 g/mol. The predicted octanol–water partition coefficient (Wildman–Crippen LogP) is 2.06. The topological polar surface area (TPSA) is 42.0 Å². The molecule has 0 aliphatic heterocycles. The van der Waals surface area contributed by atoms with Crippen molar-refractivity contribution < 1.29 is 4.79 Å². The van der Waals surface area contributed by atoms with Gasteiger partial charge in [0.05, 0.1) is 5.51 Å². The van der Waals surface area contributed by atoms with Crippen LogP contribution in [0.2, 0.25) is 0 Å². The Kier molecular flexibility index (Phi) is 2.24. The van der Waals surface area contributed by atoms with Crippen LogP contribution in [0.3, 0.4) is 0 Å². The molecular formula is C11H14N2OS. The molecule has 1 aromatic heterocycles. The monoisotopic (exact) mass is 222 g/mol. The van der Waals surface area contributed by atoms with Crippen molar-refractivity contribution in [2.75, 3.05) is 0 Å². The molecule has 0 radical (unpaired) electrons. The van der Waals surface area contributed by atoms with Gasteiger partial charge in [0.15, 0.2) is 0 Å². The van der Waals surface area contributed by atoms with Gasteiger partial charge in [0, 0.05) is 11.4 Å². The van der Waals surface area contributed by atoms with Gasteiger partial charge in [-0.15, -0.1) is 11.3 Å². The molecule has 80 valence electrons. The van der Waals surface area contributed by atoms with Gasteiger partial charge in [-0.25, -0.2) is 4.98 Å². The molecule has 0 spiro atoms. The van der Waals surface area contributed by atoms with Gasteiger partial charge in [-0.05, 0) is 37.5 Å². The second kappa shape index (κ2) is 3.59. The van der Waals surface area contributed by atoms with Crippen LogP contribution in [0.25, 0.3) is 0 Å². The summed E-state index contributed by atoms with van der Waals surface area (Å²) in [6.45, 7) is 0. The van der Waals surface area contributed by atoms with Crippen molar-refractivity contribution in [3.63, 3.8) is 0 Å². The molecule has 3 nitrogen and oxygen atoms in total.